The van der Waals surface area contributed by atoms with E-state index in [0.717, 1.165) is 27.6 Å². The Morgan fingerprint density at radius 2 is 1.77 bits per heavy atom. The van der Waals surface area contributed by atoms with Crippen LogP contribution >= 0.6 is 11.3 Å². The summed E-state index contributed by atoms with van der Waals surface area (Å²) in [7, 11) is 1.93. The smallest absolute Gasteiger partial charge is 0.279 e. The van der Waals surface area contributed by atoms with Crippen molar-refractivity contribution in [3.63, 3.8) is 0 Å². The van der Waals surface area contributed by atoms with Gasteiger partial charge in [-0.2, -0.15) is 0 Å². The first-order chi connectivity index (χ1) is 15.2. The van der Waals surface area contributed by atoms with Gasteiger partial charge >= 0.3 is 0 Å². The number of para-hydroxylation sites is 1. The van der Waals surface area contributed by atoms with Crippen molar-refractivity contribution in [2.24, 2.45) is 7.05 Å². The molecule has 0 saturated carbocycles. The van der Waals surface area contributed by atoms with Crippen LogP contribution in [0.25, 0.3) is 27.6 Å². The number of rotatable bonds is 5. The third kappa shape index (κ3) is 3.74. The predicted molar refractivity (Wildman–Crippen MR) is 119 cm³/mol. The van der Waals surface area contributed by atoms with Crippen LogP contribution in [0.2, 0.25) is 0 Å². The van der Waals surface area contributed by atoms with E-state index in [-0.39, 0.29) is 11.6 Å². The average Bonchev–Trinajstić information content (AvgIpc) is 3.54. The first kappa shape index (κ1) is 18.9. The van der Waals surface area contributed by atoms with Crippen LogP contribution in [0, 0.1) is 0 Å². The molecule has 5 rings (SSSR count). The van der Waals surface area contributed by atoms with E-state index < -0.39 is 0 Å². The molecule has 0 saturated heterocycles. The van der Waals surface area contributed by atoms with Gasteiger partial charge in [-0.1, -0.05) is 65.1 Å². The van der Waals surface area contributed by atoms with E-state index in [9.17, 15) is 4.79 Å². The summed E-state index contributed by atoms with van der Waals surface area (Å²) in [5.41, 5.74) is 2.75. The zero-order chi connectivity index (χ0) is 21.2. The lowest BCUT2D eigenvalue weighted by atomic mass is 10.1. The topological polar surface area (TPSA) is 90.5 Å². The van der Waals surface area contributed by atoms with Gasteiger partial charge in [0.25, 0.3) is 5.91 Å². The molecule has 1 N–H and O–H groups in total. The summed E-state index contributed by atoms with van der Waals surface area (Å²) >= 11 is 1.37. The Morgan fingerprint density at radius 3 is 2.48 bits per heavy atom. The minimum atomic E-state index is -0.373. The quantitative estimate of drug-likeness (QED) is 0.457. The molecule has 152 valence electrons. The predicted octanol–water partition coefficient (Wildman–Crippen LogP) is 4.04. The molecule has 0 unspecified atom stereocenters. The molecule has 31 heavy (non-hydrogen) atoms. The lowest BCUT2D eigenvalue weighted by molar-refractivity contribution is 0.102. The molecule has 0 aliphatic carbocycles. The molecule has 3 heterocycles. The molecule has 3 aromatic heterocycles. The fourth-order valence-corrected chi connectivity index (χ4v) is 4.16. The van der Waals surface area contributed by atoms with E-state index in [1.807, 2.05) is 78.5 Å². The monoisotopic (exact) mass is 427 g/mol. The van der Waals surface area contributed by atoms with Gasteiger partial charge in [-0.3, -0.25) is 10.1 Å². The first-order valence-corrected chi connectivity index (χ1v) is 10.3. The van der Waals surface area contributed by atoms with Crippen LogP contribution in [-0.2, 0) is 7.05 Å². The number of aryl methyl sites for hydroxylation is 1. The number of aromatic nitrogens is 6. The van der Waals surface area contributed by atoms with E-state index in [0.29, 0.717) is 5.13 Å². The summed E-state index contributed by atoms with van der Waals surface area (Å²) in [6, 6.07) is 19.3. The van der Waals surface area contributed by atoms with E-state index in [4.69, 9.17) is 0 Å². The number of amides is 1. The maximum atomic E-state index is 12.8. The normalized spacial score (nSPS) is 10.9. The van der Waals surface area contributed by atoms with Crippen molar-refractivity contribution >= 4 is 22.4 Å². The molecule has 0 atom stereocenters. The first-order valence-electron chi connectivity index (χ1n) is 9.52. The largest absolute Gasteiger partial charge is 0.333 e. The van der Waals surface area contributed by atoms with Crippen molar-refractivity contribution in [1.82, 2.24) is 29.5 Å². The molecule has 8 nitrogen and oxygen atoms in total. The van der Waals surface area contributed by atoms with Gasteiger partial charge in [0.1, 0.15) is 0 Å². The highest BCUT2D eigenvalue weighted by molar-refractivity contribution is 7.19. The molecule has 0 bridgehead atoms. The SMILES string of the molecule is Cn1ccnc1-c1sc(NC(=O)c2cn(-c3ccccc3)nn2)nc1-c1ccccc1. The lowest BCUT2D eigenvalue weighted by Gasteiger charge is -2.02. The number of anilines is 1. The summed E-state index contributed by atoms with van der Waals surface area (Å²) < 4.78 is 3.49. The molecule has 0 radical (unpaired) electrons. The molecule has 9 heteroatoms. The number of nitrogens with zero attached hydrogens (tertiary/aromatic N) is 6. The molecule has 5 aromatic rings. The summed E-state index contributed by atoms with van der Waals surface area (Å²) in [6.07, 6.45) is 5.21. The van der Waals surface area contributed by atoms with Crippen molar-refractivity contribution in [2.45, 2.75) is 0 Å². The van der Waals surface area contributed by atoms with Crippen LogP contribution in [0.4, 0.5) is 5.13 Å². The summed E-state index contributed by atoms with van der Waals surface area (Å²) in [5.74, 6) is 0.411. The van der Waals surface area contributed by atoms with Gasteiger partial charge < -0.3 is 4.57 Å². The number of nitrogens with one attached hydrogen (secondary N) is 1. The third-order valence-electron chi connectivity index (χ3n) is 4.67. The number of carbonyl (C=O) groups excluding carboxylic acids is 1. The minimum Gasteiger partial charge on any atom is -0.333 e. The minimum absolute atomic E-state index is 0.207. The molecule has 0 aliphatic heterocycles. The zero-order valence-electron chi connectivity index (χ0n) is 16.5. The Bertz CT molecular complexity index is 1340. The van der Waals surface area contributed by atoms with Crippen LogP contribution in [0.5, 0.6) is 0 Å². The Morgan fingerprint density at radius 1 is 1.03 bits per heavy atom. The lowest BCUT2D eigenvalue weighted by Crippen LogP contribution is -2.12. The Kier molecular flexibility index (Phi) is 4.85. The number of hydrogen-bond acceptors (Lipinski definition) is 6. The van der Waals surface area contributed by atoms with Crippen LogP contribution in [0.1, 0.15) is 10.5 Å². The maximum Gasteiger partial charge on any atom is 0.279 e. The zero-order valence-corrected chi connectivity index (χ0v) is 17.3. The molecule has 1 amide bonds. The number of imidazole rings is 1. The van der Waals surface area contributed by atoms with E-state index in [2.05, 4.69) is 25.6 Å². The van der Waals surface area contributed by atoms with E-state index >= 15 is 0 Å². The second kappa shape index (κ2) is 7.96. The fraction of sp³-hybridized carbons (Fsp3) is 0.0455. The summed E-state index contributed by atoms with van der Waals surface area (Å²) in [4.78, 5) is 22.8. The highest BCUT2D eigenvalue weighted by Crippen LogP contribution is 2.38. The van der Waals surface area contributed by atoms with Crippen molar-refractivity contribution in [2.75, 3.05) is 5.32 Å². The Balaban J connectivity index is 1.46. The van der Waals surface area contributed by atoms with Crippen LogP contribution < -0.4 is 5.32 Å². The van der Waals surface area contributed by atoms with Crippen molar-refractivity contribution in [1.29, 1.82) is 0 Å². The van der Waals surface area contributed by atoms with E-state index in [1.165, 1.54) is 11.3 Å². The van der Waals surface area contributed by atoms with Gasteiger partial charge in [-0.25, -0.2) is 14.6 Å². The Hall–Kier alpha value is -4.11. The average molecular weight is 427 g/mol. The molecular formula is C22H17N7OS. The van der Waals surface area contributed by atoms with Gasteiger partial charge in [0.15, 0.2) is 16.6 Å². The van der Waals surface area contributed by atoms with Gasteiger partial charge in [0, 0.05) is 25.0 Å². The fourth-order valence-electron chi connectivity index (χ4n) is 3.14. The molecule has 0 aliphatic rings. The number of benzene rings is 2. The molecule has 2 aromatic carbocycles. The summed E-state index contributed by atoms with van der Waals surface area (Å²) in [5, 5.41) is 11.4. The van der Waals surface area contributed by atoms with E-state index in [1.54, 1.807) is 17.1 Å². The highest BCUT2D eigenvalue weighted by atomic mass is 32.1. The van der Waals surface area contributed by atoms with Crippen LogP contribution in [-0.4, -0.2) is 35.4 Å². The van der Waals surface area contributed by atoms with Gasteiger partial charge in [0.05, 0.1) is 22.5 Å². The van der Waals surface area contributed by atoms with Gasteiger partial charge in [0.2, 0.25) is 0 Å². The second-order valence-electron chi connectivity index (χ2n) is 6.76. The number of thiazole rings is 1. The second-order valence-corrected chi connectivity index (χ2v) is 7.76. The number of hydrogen-bond donors (Lipinski definition) is 1. The molecule has 0 fully saturated rings. The van der Waals surface area contributed by atoms with Gasteiger partial charge in [-0.05, 0) is 12.1 Å². The Labute approximate surface area is 181 Å². The highest BCUT2D eigenvalue weighted by Gasteiger charge is 2.20. The standard InChI is InChI=1S/C22H17N7OS/c1-28-13-12-23-20(28)19-18(15-8-4-2-5-9-15)24-22(31-19)25-21(30)17-14-29(27-26-17)16-10-6-3-7-11-16/h2-14H,1H3,(H,24,25,30). The van der Waals surface area contributed by atoms with Crippen LogP contribution in [0.3, 0.4) is 0 Å². The van der Waals surface area contributed by atoms with Gasteiger partial charge in [-0.15, -0.1) is 5.10 Å². The molecular weight excluding hydrogens is 410 g/mol. The maximum absolute atomic E-state index is 12.8. The van der Waals surface area contributed by atoms with Crippen LogP contribution in [0.15, 0.2) is 79.3 Å². The summed E-state index contributed by atoms with van der Waals surface area (Å²) in [6.45, 7) is 0. The van der Waals surface area contributed by atoms with Crippen molar-refractivity contribution in [3.8, 4) is 27.6 Å². The third-order valence-corrected chi connectivity index (χ3v) is 5.63. The van der Waals surface area contributed by atoms with Crippen molar-refractivity contribution < 1.29 is 4.79 Å². The molecule has 0 spiro atoms. The number of carbonyl (C=O) groups is 1. The van der Waals surface area contributed by atoms with Crippen molar-refractivity contribution in [3.05, 3.63) is 84.9 Å².